The van der Waals surface area contributed by atoms with Crippen molar-refractivity contribution in [2.24, 2.45) is 5.92 Å². The lowest BCUT2D eigenvalue weighted by atomic mass is 9.90. The molecule has 2 unspecified atom stereocenters. The topological polar surface area (TPSA) is 149 Å². The average Bonchev–Trinajstić information content (AvgIpc) is 2.87. The van der Waals surface area contributed by atoms with Gasteiger partial charge in [-0.25, -0.2) is 14.8 Å². The number of pyridine rings is 1. The highest BCUT2D eigenvalue weighted by atomic mass is 16.5. The predicted molar refractivity (Wildman–Crippen MR) is 133 cm³/mol. The molecule has 0 aliphatic carbocycles. The van der Waals surface area contributed by atoms with E-state index in [-0.39, 0.29) is 23.8 Å². The van der Waals surface area contributed by atoms with E-state index in [1.807, 2.05) is 6.92 Å². The SMILES string of the molecule is CCCCCC(C(=O)NCNC(=O)c1cccc(-c2cccc(C(=O)O)c2C)n1)C(CC)N(O)C=O. The summed E-state index contributed by atoms with van der Waals surface area (Å²) in [5, 5.41) is 25.1. The van der Waals surface area contributed by atoms with Crippen LogP contribution in [0.5, 0.6) is 0 Å². The minimum absolute atomic E-state index is 0.107. The van der Waals surface area contributed by atoms with E-state index in [0.29, 0.717) is 41.1 Å². The van der Waals surface area contributed by atoms with E-state index in [9.17, 15) is 29.5 Å². The molecule has 0 bridgehead atoms. The monoisotopic (exact) mass is 498 g/mol. The summed E-state index contributed by atoms with van der Waals surface area (Å²) in [4.78, 5) is 52.4. The van der Waals surface area contributed by atoms with Crippen LogP contribution in [0.15, 0.2) is 36.4 Å². The molecule has 1 aromatic carbocycles. The Morgan fingerprint density at radius 3 is 2.44 bits per heavy atom. The fourth-order valence-corrected chi connectivity index (χ4v) is 4.14. The molecule has 0 saturated heterocycles. The van der Waals surface area contributed by atoms with Gasteiger partial charge in [0.25, 0.3) is 5.91 Å². The summed E-state index contributed by atoms with van der Waals surface area (Å²) in [5.41, 5.74) is 1.85. The Morgan fingerprint density at radius 1 is 1.08 bits per heavy atom. The fraction of sp³-hybridized carbons (Fsp3) is 0.423. The lowest BCUT2D eigenvalue weighted by molar-refractivity contribution is -0.168. The van der Waals surface area contributed by atoms with Gasteiger partial charge in [0, 0.05) is 5.56 Å². The number of hydrogen-bond acceptors (Lipinski definition) is 6. The molecule has 0 fully saturated rings. The van der Waals surface area contributed by atoms with Crippen molar-refractivity contribution >= 4 is 24.2 Å². The highest BCUT2D eigenvalue weighted by Crippen LogP contribution is 2.24. The van der Waals surface area contributed by atoms with Crippen LogP contribution < -0.4 is 10.6 Å². The first-order valence-electron chi connectivity index (χ1n) is 12.0. The number of rotatable bonds is 14. The van der Waals surface area contributed by atoms with E-state index in [1.165, 1.54) is 12.1 Å². The number of amides is 3. The molecular formula is C26H34N4O6. The number of unbranched alkanes of at least 4 members (excludes halogenated alkanes) is 2. The van der Waals surface area contributed by atoms with Crippen LogP contribution in [0, 0.1) is 12.8 Å². The van der Waals surface area contributed by atoms with E-state index in [0.717, 1.165) is 19.3 Å². The smallest absolute Gasteiger partial charge is 0.335 e. The van der Waals surface area contributed by atoms with Crippen molar-refractivity contribution in [2.45, 2.75) is 58.9 Å². The standard InChI is InChI=1S/C26H34N4O6/c1-4-6-7-10-20(23(5-2)30(36)16-31)24(32)27-15-28-25(33)22-14-9-13-21(29-22)18-11-8-12-19(17(18)3)26(34)35/h8-9,11-14,16,20,23,36H,4-7,10,15H2,1-3H3,(H,27,32)(H,28,33)(H,34,35). The van der Waals surface area contributed by atoms with Crippen molar-refractivity contribution in [1.29, 1.82) is 0 Å². The van der Waals surface area contributed by atoms with E-state index >= 15 is 0 Å². The van der Waals surface area contributed by atoms with Crippen LogP contribution in [-0.2, 0) is 9.59 Å². The second-order valence-corrected chi connectivity index (χ2v) is 8.48. The second-order valence-electron chi connectivity index (χ2n) is 8.48. The molecule has 0 saturated carbocycles. The first-order chi connectivity index (χ1) is 17.2. The zero-order valence-electron chi connectivity index (χ0n) is 20.9. The van der Waals surface area contributed by atoms with E-state index in [2.05, 4.69) is 15.6 Å². The van der Waals surface area contributed by atoms with Crippen molar-refractivity contribution in [2.75, 3.05) is 6.67 Å². The van der Waals surface area contributed by atoms with Crippen molar-refractivity contribution in [3.05, 3.63) is 53.2 Å². The number of aromatic carboxylic acids is 1. The summed E-state index contributed by atoms with van der Waals surface area (Å²) in [6.45, 7) is 5.34. The molecule has 0 radical (unpaired) electrons. The summed E-state index contributed by atoms with van der Waals surface area (Å²) < 4.78 is 0. The Kier molecular flexibility index (Phi) is 11.0. The Bertz CT molecular complexity index is 1070. The summed E-state index contributed by atoms with van der Waals surface area (Å²) in [6.07, 6.45) is 3.83. The molecule has 194 valence electrons. The van der Waals surface area contributed by atoms with Gasteiger partial charge in [-0.3, -0.25) is 19.6 Å². The van der Waals surface area contributed by atoms with Gasteiger partial charge in [-0.1, -0.05) is 51.3 Å². The molecule has 1 heterocycles. The highest BCUT2D eigenvalue weighted by Gasteiger charge is 2.30. The third-order valence-electron chi connectivity index (χ3n) is 6.12. The Hall–Kier alpha value is -3.79. The maximum atomic E-state index is 12.9. The minimum Gasteiger partial charge on any atom is -0.478 e. The molecule has 0 aliphatic rings. The molecule has 2 atom stereocenters. The summed E-state index contributed by atoms with van der Waals surface area (Å²) >= 11 is 0. The van der Waals surface area contributed by atoms with Crippen LogP contribution in [0.3, 0.4) is 0 Å². The largest absolute Gasteiger partial charge is 0.478 e. The van der Waals surface area contributed by atoms with Gasteiger partial charge in [0.1, 0.15) is 5.69 Å². The number of nitrogens with one attached hydrogen (secondary N) is 2. The maximum Gasteiger partial charge on any atom is 0.335 e. The number of carboxylic acid groups (broad SMARTS) is 1. The average molecular weight is 499 g/mol. The molecule has 2 rings (SSSR count). The van der Waals surface area contributed by atoms with Gasteiger partial charge < -0.3 is 15.7 Å². The third-order valence-corrected chi connectivity index (χ3v) is 6.12. The van der Waals surface area contributed by atoms with Gasteiger partial charge in [-0.05, 0) is 43.5 Å². The third kappa shape index (κ3) is 7.35. The number of carbonyl (C=O) groups excluding carboxylic acids is 3. The highest BCUT2D eigenvalue weighted by molar-refractivity contribution is 5.94. The Morgan fingerprint density at radius 2 is 1.81 bits per heavy atom. The number of benzene rings is 1. The zero-order chi connectivity index (χ0) is 26.7. The molecule has 0 spiro atoms. The molecule has 10 heteroatoms. The van der Waals surface area contributed by atoms with Crippen molar-refractivity contribution in [3.8, 4) is 11.3 Å². The van der Waals surface area contributed by atoms with E-state index in [4.69, 9.17) is 0 Å². The Labute approximate surface area is 210 Å². The van der Waals surface area contributed by atoms with E-state index < -0.39 is 23.8 Å². The van der Waals surface area contributed by atoms with Crippen LogP contribution in [0.1, 0.15) is 72.4 Å². The molecular weight excluding hydrogens is 464 g/mol. The van der Waals surface area contributed by atoms with Gasteiger partial charge in [-0.2, -0.15) is 0 Å². The molecule has 0 aliphatic heterocycles. The maximum absolute atomic E-state index is 12.9. The number of carbonyl (C=O) groups is 4. The van der Waals surface area contributed by atoms with Gasteiger partial charge in [-0.15, -0.1) is 0 Å². The summed E-state index contributed by atoms with van der Waals surface area (Å²) in [5.74, 6) is -2.56. The normalized spacial score (nSPS) is 12.3. The molecule has 10 nitrogen and oxygen atoms in total. The second kappa shape index (κ2) is 13.9. The van der Waals surface area contributed by atoms with Crippen LogP contribution >= 0.6 is 0 Å². The quantitative estimate of drug-likeness (QED) is 0.103. The number of hydrogen-bond donors (Lipinski definition) is 4. The lowest BCUT2D eigenvalue weighted by Crippen LogP contribution is -2.47. The summed E-state index contributed by atoms with van der Waals surface area (Å²) in [7, 11) is 0. The number of aromatic nitrogens is 1. The lowest BCUT2D eigenvalue weighted by Gasteiger charge is -2.29. The first kappa shape index (κ1) is 28.4. The van der Waals surface area contributed by atoms with Crippen LogP contribution in [0.25, 0.3) is 11.3 Å². The number of hydroxylamine groups is 2. The van der Waals surface area contributed by atoms with Crippen molar-refractivity contribution in [1.82, 2.24) is 20.7 Å². The van der Waals surface area contributed by atoms with E-state index in [1.54, 1.807) is 38.1 Å². The van der Waals surface area contributed by atoms with Gasteiger partial charge in [0.2, 0.25) is 12.3 Å². The van der Waals surface area contributed by atoms with Crippen molar-refractivity contribution < 1.29 is 29.5 Å². The van der Waals surface area contributed by atoms with Crippen molar-refractivity contribution in [3.63, 3.8) is 0 Å². The minimum atomic E-state index is -1.05. The predicted octanol–water partition coefficient (Wildman–Crippen LogP) is 3.38. The van der Waals surface area contributed by atoms with Gasteiger partial charge in [0.05, 0.1) is 29.9 Å². The van der Waals surface area contributed by atoms with Gasteiger partial charge in [0.15, 0.2) is 0 Å². The molecule has 36 heavy (non-hydrogen) atoms. The molecule has 4 N–H and O–H groups in total. The fourth-order valence-electron chi connectivity index (χ4n) is 4.14. The number of carboxylic acids is 1. The van der Waals surface area contributed by atoms with Crippen LogP contribution in [-0.4, -0.2) is 57.3 Å². The zero-order valence-corrected chi connectivity index (χ0v) is 20.9. The molecule has 1 aromatic heterocycles. The molecule has 2 aromatic rings. The van der Waals surface area contributed by atoms with Crippen LogP contribution in [0.4, 0.5) is 0 Å². The molecule has 3 amide bonds. The number of nitrogens with zero attached hydrogens (tertiary/aromatic N) is 2. The Balaban J connectivity index is 2.08. The van der Waals surface area contributed by atoms with Crippen LogP contribution in [0.2, 0.25) is 0 Å². The first-order valence-corrected chi connectivity index (χ1v) is 12.0. The van der Waals surface area contributed by atoms with Gasteiger partial charge >= 0.3 is 5.97 Å². The summed E-state index contributed by atoms with van der Waals surface area (Å²) in [6, 6.07) is 9.04.